The van der Waals surface area contributed by atoms with Gasteiger partial charge in [0.2, 0.25) is 10.0 Å². The molecular formula is C26H33NO7S. The number of carbonyl (C=O) groups is 2. The second kappa shape index (κ2) is 12.2. The third-order valence-electron chi connectivity index (χ3n) is 6.20. The minimum Gasteiger partial charge on any atom is -0.468 e. The summed E-state index contributed by atoms with van der Waals surface area (Å²) in [6, 6.07) is 9.35. The van der Waals surface area contributed by atoms with Gasteiger partial charge in [0.15, 0.2) is 6.61 Å². The molecule has 3 atom stereocenters. The Hall–Kier alpha value is -2.91. The predicted molar refractivity (Wildman–Crippen MR) is 130 cm³/mol. The molecule has 8 nitrogen and oxygen atoms in total. The highest BCUT2D eigenvalue weighted by Crippen LogP contribution is 2.35. The van der Waals surface area contributed by atoms with Crippen LogP contribution < -0.4 is 4.72 Å². The summed E-state index contributed by atoms with van der Waals surface area (Å²) in [5.41, 5.74) is 0.602. The number of ether oxygens (including phenoxy) is 2. The quantitative estimate of drug-likeness (QED) is 0.380. The van der Waals surface area contributed by atoms with Crippen molar-refractivity contribution < 1.29 is 31.9 Å². The molecule has 1 fully saturated rings. The Balaban J connectivity index is 1.46. The Kier molecular flexibility index (Phi) is 9.28. The third kappa shape index (κ3) is 8.07. The molecular weight excluding hydrogens is 470 g/mol. The monoisotopic (exact) mass is 503 g/mol. The summed E-state index contributed by atoms with van der Waals surface area (Å²) in [7, 11) is -3.71. The molecule has 9 heteroatoms. The van der Waals surface area contributed by atoms with Gasteiger partial charge in [-0.15, -0.1) is 0 Å². The molecule has 1 heterocycles. The van der Waals surface area contributed by atoms with E-state index >= 15 is 0 Å². The smallest absolute Gasteiger partial charge is 0.344 e. The lowest BCUT2D eigenvalue weighted by atomic mass is 9.75. The maximum absolute atomic E-state index is 12.4. The van der Waals surface area contributed by atoms with E-state index in [9.17, 15) is 18.0 Å². The Labute approximate surface area is 206 Å². The average molecular weight is 504 g/mol. The third-order valence-corrected chi connectivity index (χ3v) is 7.61. The fourth-order valence-electron chi connectivity index (χ4n) is 4.22. The van der Waals surface area contributed by atoms with Crippen LogP contribution in [0, 0.1) is 17.8 Å². The van der Waals surface area contributed by atoms with Crippen molar-refractivity contribution in [1.82, 2.24) is 4.72 Å². The first-order valence-corrected chi connectivity index (χ1v) is 13.3. The number of rotatable bonds is 10. The van der Waals surface area contributed by atoms with Gasteiger partial charge in [0.05, 0.1) is 17.7 Å². The molecule has 0 radical (unpaired) electrons. The van der Waals surface area contributed by atoms with E-state index in [1.807, 2.05) is 0 Å². The van der Waals surface area contributed by atoms with Crippen molar-refractivity contribution in [3.63, 3.8) is 0 Å². The topological polar surface area (TPSA) is 112 Å². The van der Waals surface area contributed by atoms with Gasteiger partial charge in [-0.1, -0.05) is 39.3 Å². The molecule has 190 valence electrons. The summed E-state index contributed by atoms with van der Waals surface area (Å²) >= 11 is 0. The first kappa shape index (κ1) is 26.7. The minimum atomic E-state index is -3.71. The molecule has 0 spiro atoms. The second-order valence-electron chi connectivity index (χ2n) is 9.27. The number of carbonyl (C=O) groups excluding carboxylic acids is 2. The number of furan rings is 1. The van der Waals surface area contributed by atoms with E-state index < -0.39 is 28.6 Å². The predicted octanol–water partition coefficient (Wildman–Crippen LogP) is 4.32. The number of hydrogen-bond acceptors (Lipinski definition) is 7. The lowest BCUT2D eigenvalue weighted by Crippen LogP contribution is -2.36. The van der Waals surface area contributed by atoms with Crippen LogP contribution >= 0.6 is 0 Å². The standard InChI is InChI=1S/C26H33NO7S/c1-18(2)23-12-6-19(3)15-24(23)34-26(29)17-33-25(28)13-9-20-7-10-22(11-8-20)35(30,31)27-16-21-5-4-14-32-21/h4-5,7-11,13-14,18-19,23-24,27H,6,12,15-17H2,1-3H3/b13-9+. The molecule has 1 aromatic heterocycles. The van der Waals surface area contributed by atoms with Crippen LogP contribution in [-0.4, -0.2) is 33.1 Å². The molecule has 3 rings (SSSR count). The molecule has 1 aliphatic rings. The Morgan fingerprint density at radius 1 is 1.17 bits per heavy atom. The largest absolute Gasteiger partial charge is 0.468 e. The van der Waals surface area contributed by atoms with Crippen LogP contribution in [0.15, 0.2) is 58.1 Å². The Bertz CT molecular complexity index is 1110. The average Bonchev–Trinajstić information content (AvgIpc) is 3.34. The van der Waals surface area contributed by atoms with E-state index in [4.69, 9.17) is 13.9 Å². The van der Waals surface area contributed by atoms with Crippen LogP contribution in [-0.2, 0) is 35.6 Å². The molecule has 0 saturated heterocycles. The zero-order valence-corrected chi connectivity index (χ0v) is 21.1. The maximum atomic E-state index is 12.4. The van der Waals surface area contributed by atoms with Gasteiger partial charge in [-0.25, -0.2) is 22.7 Å². The molecule has 0 aliphatic heterocycles. The van der Waals surface area contributed by atoms with Crippen LogP contribution in [0.4, 0.5) is 0 Å². The van der Waals surface area contributed by atoms with E-state index in [1.54, 1.807) is 24.3 Å². The van der Waals surface area contributed by atoms with Gasteiger partial charge in [-0.3, -0.25) is 0 Å². The maximum Gasteiger partial charge on any atom is 0.344 e. The van der Waals surface area contributed by atoms with Crippen molar-refractivity contribution in [2.45, 2.75) is 57.6 Å². The van der Waals surface area contributed by atoms with Gasteiger partial charge in [-0.05, 0) is 66.5 Å². The fourth-order valence-corrected chi connectivity index (χ4v) is 5.21. The summed E-state index contributed by atoms with van der Waals surface area (Å²) < 4.78 is 43.0. The van der Waals surface area contributed by atoms with Gasteiger partial charge in [0.25, 0.3) is 0 Å². The van der Waals surface area contributed by atoms with Gasteiger partial charge >= 0.3 is 11.9 Å². The first-order chi connectivity index (χ1) is 16.6. The van der Waals surface area contributed by atoms with Crippen LogP contribution in [0.1, 0.15) is 51.4 Å². The second-order valence-corrected chi connectivity index (χ2v) is 11.0. The van der Waals surface area contributed by atoms with Gasteiger partial charge in [0, 0.05) is 6.08 Å². The highest BCUT2D eigenvalue weighted by Gasteiger charge is 2.33. The van der Waals surface area contributed by atoms with Gasteiger partial charge < -0.3 is 13.9 Å². The number of esters is 2. The van der Waals surface area contributed by atoms with E-state index in [0.29, 0.717) is 29.1 Å². The van der Waals surface area contributed by atoms with Crippen LogP contribution in [0.25, 0.3) is 6.08 Å². The lowest BCUT2D eigenvalue weighted by molar-refractivity contribution is -0.165. The molecule has 1 N–H and O–H groups in total. The molecule has 2 aromatic rings. The fraction of sp³-hybridized carbons (Fsp3) is 0.462. The molecule has 1 aliphatic carbocycles. The number of benzene rings is 1. The van der Waals surface area contributed by atoms with Crippen LogP contribution in [0.3, 0.4) is 0 Å². The normalized spacial score (nSPS) is 20.7. The highest BCUT2D eigenvalue weighted by molar-refractivity contribution is 7.89. The van der Waals surface area contributed by atoms with Crippen molar-refractivity contribution >= 4 is 28.0 Å². The zero-order valence-electron chi connectivity index (χ0n) is 20.3. The van der Waals surface area contributed by atoms with Crippen molar-refractivity contribution in [1.29, 1.82) is 0 Å². The van der Waals surface area contributed by atoms with Gasteiger partial charge in [-0.2, -0.15) is 0 Å². The number of sulfonamides is 1. The van der Waals surface area contributed by atoms with Crippen molar-refractivity contribution in [2.75, 3.05) is 6.61 Å². The van der Waals surface area contributed by atoms with E-state index in [0.717, 1.165) is 19.3 Å². The van der Waals surface area contributed by atoms with E-state index in [-0.39, 0.29) is 17.5 Å². The Morgan fingerprint density at radius 3 is 2.57 bits per heavy atom. The summed E-state index contributed by atoms with van der Waals surface area (Å²) in [6.45, 7) is 6.01. The summed E-state index contributed by atoms with van der Waals surface area (Å²) in [5.74, 6) is 0.506. The first-order valence-electron chi connectivity index (χ1n) is 11.8. The summed E-state index contributed by atoms with van der Waals surface area (Å²) in [6.07, 6.45) is 6.97. The summed E-state index contributed by atoms with van der Waals surface area (Å²) in [4.78, 5) is 24.3. The lowest BCUT2D eigenvalue weighted by Gasteiger charge is -2.36. The number of hydrogen-bond donors (Lipinski definition) is 1. The molecule has 35 heavy (non-hydrogen) atoms. The number of nitrogens with one attached hydrogen (secondary N) is 1. The molecule has 0 bridgehead atoms. The van der Waals surface area contributed by atoms with Crippen molar-refractivity contribution in [2.24, 2.45) is 17.8 Å². The van der Waals surface area contributed by atoms with Crippen molar-refractivity contribution in [3.8, 4) is 0 Å². The van der Waals surface area contributed by atoms with E-state index in [2.05, 4.69) is 25.5 Å². The molecule has 1 aromatic carbocycles. The SMILES string of the molecule is CC1CCC(C(C)C)C(OC(=O)COC(=O)/C=C/c2ccc(S(=O)(=O)NCc3ccco3)cc2)C1. The van der Waals surface area contributed by atoms with E-state index in [1.165, 1.54) is 30.5 Å². The summed E-state index contributed by atoms with van der Waals surface area (Å²) in [5, 5.41) is 0. The van der Waals surface area contributed by atoms with Gasteiger partial charge in [0.1, 0.15) is 11.9 Å². The van der Waals surface area contributed by atoms with Crippen LogP contribution in [0.5, 0.6) is 0 Å². The molecule has 0 amide bonds. The van der Waals surface area contributed by atoms with Crippen LogP contribution in [0.2, 0.25) is 0 Å². The highest BCUT2D eigenvalue weighted by atomic mass is 32.2. The molecule has 3 unspecified atom stereocenters. The zero-order chi connectivity index (χ0) is 25.4. The molecule has 1 saturated carbocycles. The Morgan fingerprint density at radius 2 is 1.91 bits per heavy atom. The van der Waals surface area contributed by atoms with Crippen molar-refractivity contribution in [3.05, 3.63) is 60.1 Å². The minimum absolute atomic E-state index is 0.0448.